The summed E-state index contributed by atoms with van der Waals surface area (Å²) >= 11 is 0. The number of halogens is 2. The van der Waals surface area contributed by atoms with E-state index in [1.807, 2.05) is 0 Å². The molecule has 1 aliphatic carbocycles. The fraction of sp³-hybridized carbons (Fsp3) is 0.684. The molecule has 1 unspecified atom stereocenters. The van der Waals surface area contributed by atoms with Gasteiger partial charge in [-0.25, -0.2) is 9.59 Å². The summed E-state index contributed by atoms with van der Waals surface area (Å²) in [5.74, 6) is -4.56. The Morgan fingerprint density at radius 3 is 2.56 bits per heavy atom. The third-order valence-corrected chi connectivity index (χ3v) is 5.37. The molecule has 1 aromatic rings. The number of rotatable bonds is 7. The highest BCUT2D eigenvalue weighted by Crippen LogP contribution is 2.41. The van der Waals surface area contributed by atoms with E-state index in [0.29, 0.717) is 4.57 Å². The van der Waals surface area contributed by atoms with E-state index >= 15 is 0 Å². The molecular weight excluding hydrogens is 436 g/mol. The first-order valence-corrected chi connectivity index (χ1v) is 10.3. The van der Waals surface area contributed by atoms with Crippen molar-refractivity contribution in [3.63, 3.8) is 0 Å². The van der Waals surface area contributed by atoms with E-state index in [2.05, 4.69) is 10.3 Å². The van der Waals surface area contributed by atoms with Crippen molar-refractivity contribution in [3.8, 4) is 0 Å². The van der Waals surface area contributed by atoms with Gasteiger partial charge in [-0.3, -0.25) is 14.7 Å². The first-order valence-electron chi connectivity index (χ1n) is 10.3. The lowest BCUT2D eigenvalue weighted by Gasteiger charge is -2.21. The van der Waals surface area contributed by atoms with Gasteiger partial charge in [0.15, 0.2) is 6.10 Å². The monoisotopic (exact) mass is 461 g/mol. The van der Waals surface area contributed by atoms with Gasteiger partial charge in [0, 0.05) is 6.20 Å². The SMILES string of the molecule is O=C(Nc1ccn([C@@H]2OC(CO)[C@@H](O)C2(F)F)c(=O)n1)OCCOC(=O)C1CCCCC1. The number of nitrogens with zero attached hydrogens (tertiary/aromatic N) is 2. The van der Waals surface area contributed by atoms with Gasteiger partial charge in [-0.2, -0.15) is 13.8 Å². The van der Waals surface area contributed by atoms with Crippen LogP contribution < -0.4 is 11.0 Å². The number of amides is 1. The normalized spacial score (nSPS) is 25.3. The van der Waals surface area contributed by atoms with Gasteiger partial charge in [-0.1, -0.05) is 19.3 Å². The highest BCUT2D eigenvalue weighted by atomic mass is 19.3. The zero-order chi connectivity index (χ0) is 23.3. The topological polar surface area (TPSA) is 149 Å². The first kappa shape index (κ1) is 24.0. The molecule has 13 heteroatoms. The summed E-state index contributed by atoms with van der Waals surface area (Å²) in [4.78, 5) is 39.3. The third kappa shape index (κ3) is 5.40. The predicted octanol–water partition coefficient (Wildman–Crippen LogP) is 0.801. The van der Waals surface area contributed by atoms with E-state index in [9.17, 15) is 28.3 Å². The van der Waals surface area contributed by atoms with Crippen LogP contribution in [0.3, 0.4) is 0 Å². The molecule has 1 amide bonds. The van der Waals surface area contributed by atoms with Crippen LogP contribution in [-0.4, -0.2) is 69.8 Å². The fourth-order valence-corrected chi connectivity index (χ4v) is 3.65. The lowest BCUT2D eigenvalue weighted by molar-refractivity contribution is -0.150. The van der Waals surface area contributed by atoms with Gasteiger partial charge in [-0.15, -0.1) is 0 Å². The molecule has 2 heterocycles. The molecule has 2 aliphatic rings. The number of hydrogen-bond donors (Lipinski definition) is 3. The second-order valence-corrected chi connectivity index (χ2v) is 7.59. The van der Waals surface area contributed by atoms with Crippen LogP contribution in [0.4, 0.5) is 19.4 Å². The van der Waals surface area contributed by atoms with Crippen LogP contribution in [0, 0.1) is 5.92 Å². The number of aliphatic hydroxyl groups excluding tert-OH is 2. The first-order chi connectivity index (χ1) is 15.2. The minimum absolute atomic E-state index is 0.125. The van der Waals surface area contributed by atoms with E-state index in [0.717, 1.165) is 44.4 Å². The van der Waals surface area contributed by atoms with Crippen LogP contribution >= 0.6 is 0 Å². The molecule has 0 bridgehead atoms. The van der Waals surface area contributed by atoms with Crippen LogP contribution in [0.15, 0.2) is 17.1 Å². The van der Waals surface area contributed by atoms with Crippen molar-refractivity contribution >= 4 is 17.9 Å². The van der Waals surface area contributed by atoms with E-state index in [4.69, 9.17) is 19.3 Å². The highest BCUT2D eigenvalue weighted by Gasteiger charge is 2.59. The summed E-state index contributed by atoms with van der Waals surface area (Å²) < 4.78 is 43.6. The Hall–Kier alpha value is -2.64. The Morgan fingerprint density at radius 1 is 1.25 bits per heavy atom. The Balaban J connectivity index is 1.48. The number of hydrogen-bond acceptors (Lipinski definition) is 9. The molecule has 3 rings (SSSR count). The van der Waals surface area contributed by atoms with E-state index < -0.39 is 42.7 Å². The second-order valence-electron chi connectivity index (χ2n) is 7.59. The average molecular weight is 461 g/mol. The number of esters is 1. The van der Waals surface area contributed by atoms with E-state index in [1.165, 1.54) is 0 Å². The summed E-state index contributed by atoms with van der Waals surface area (Å²) in [6.45, 7) is -1.21. The maximum absolute atomic E-state index is 14.2. The molecule has 0 aromatic carbocycles. The zero-order valence-electron chi connectivity index (χ0n) is 17.1. The minimum atomic E-state index is -3.85. The van der Waals surface area contributed by atoms with Crippen LogP contribution in [0.25, 0.3) is 0 Å². The summed E-state index contributed by atoms with van der Waals surface area (Å²) in [7, 11) is 0. The van der Waals surface area contributed by atoms with Crippen molar-refractivity contribution in [1.29, 1.82) is 0 Å². The molecule has 2 fully saturated rings. The van der Waals surface area contributed by atoms with Gasteiger partial charge in [0.25, 0.3) is 0 Å². The summed E-state index contributed by atoms with van der Waals surface area (Å²) in [5.41, 5.74) is -1.18. The highest BCUT2D eigenvalue weighted by molar-refractivity contribution is 5.83. The zero-order valence-corrected chi connectivity index (χ0v) is 17.1. The third-order valence-electron chi connectivity index (χ3n) is 5.37. The van der Waals surface area contributed by atoms with Crippen LogP contribution in [-0.2, 0) is 19.0 Å². The molecule has 1 saturated heterocycles. The number of nitrogens with one attached hydrogen (secondary N) is 1. The van der Waals surface area contributed by atoms with Gasteiger partial charge in [0.05, 0.1) is 12.5 Å². The number of aromatic nitrogens is 2. The lowest BCUT2D eigenvalue weighted by Crippen LogP contribution is -2.41. The van der Waals surface area contributed by atoms with Crippen LogP contribution in [0.1, 0.15) is 38.3 Å². The summed E-state index contributed by atoms with van der Waals surface area (Å²) in [6, 6.07) is 1.06. The molecule has 0 radical (unpaired) electrons. The minimum Gasteiger partial charge on any atom is -0.462 e. The number of aliphatic hydroxyl groups is 2. The Labute approximate surface area is 181 Å². The van der Waals surface area contributed by atoms with Gasteiger partial charge in [-0.05, 0) is 18.9 Å². The molecule has 3 atom stereocenters. The van der Waals surface area contributed by atoms with E-state index in [1.54, 1.807) is 0 Å². The molecule has 32 heavy (non-hydrogen) atoms. The van der Waals surface area contributed by atoms with Gasteiger partial charge >= 0.3 is 23.7 Å². The number of ether oxygens (including phenoxy) is 3. The lowest BCUT2D eigenvalue weighted by atomic mass is 9.89. The van der Waals surface area contributed by atoms with Crippen LogP contribution in [0.5, 0.6) is 0 Å². The molecule has 0 spiro atoms. The standard InChI is InChI=1S/C19H25F2N3O8/c20-19(21)14(26)12(10-25)32-16(19)24-7-6-13(22-17(24)28)23-18(29)31-9-8-30-15(27)11-4-2-1-3-5-11/h6-7,11-12,14,16,25-26H,1-5,8-10H2,(H,22,23,28,29)/t12?,14-,16-/m1/s1. The molecule has 178 valence electrons. The van der Waals surface area contributed by atoms with Gasteiger partial charge in [0.2, 0.25) is 6.23 Å². The Kier molecular flexibility index (Phi) is 7.74. The number of carbonyl (C=O) groups is 2. The van der Waals surface area contributed by atoms with Crippen molar-refractivity contribution in [2.75, 3.05) is 25.1 Å². The Morgan fingerprint density at radius 2 is 1.94 bits per heavy atom. The maximum atomic E-state index is 14.2. The van der Waals surface area contributed by atoms with Crippen molar-refractivity contribution in [2.24, 2.45) is 5.92 Å². The maximum Gasteiger partial charge on any atom is 0.412 e. The van der Waals surface area contributed by atoms with Crippen molar-refractivity contribution in [2.45, 2.75) is 56.5 Å². The van der Waals surface area contributed by atoms with Gasteiger partial charge in [0.1, 0.15) is 25.1 Å². The molecule has 1 aromatic heterocycles. The predicted molar refractivity (Wildman–Crippen MR) is 103 cm³/mol. The molecule has 11 nitrogen and oxygen atoms in total. The van der Waals surface area contributed by atoms with E-state index in [-0.39, 0.29) is 30.9 Å². The molecule has 3 N–H and O–H groups in total. The second kappa shape index (κ2) is 10.3. The number of alkyl halides is 2. The average Bonchev–Trinajstić information content (AvgIpc) is 3.00. The number of anilines is 1. The van der Waals surface area contributed by atoms with Crippen molar-refractivity contribution in [3.05, 3.63) is 22.7 Å². The van der Waals surface area contributed by atoms with Crippen molar-refractivity contribution < 1.29 is 42.8 Å². The summed E-state index contributed by atoms with van der Waals surface area (Å²) in [6.07, 6.45) is -1.48. The molecular formula is C19H25F2N3O8. The summed E-state index contributed by atoms with van der Waals surface area (Å²) in [5, 5.41) is 20.7. The van der Waals surface area contributed by atoms with Crippen molar-refractivity contribution in [1.82, 2.24) is 9.55 Å². The van der Waals surface area contributed by atoms with Gasteiger partial charge < -0.3 is 24.4 Å². The largest absolute Gasteiger partial charge is 0.462 e. The van der Waals surface area contributed by atoms with Crippen LogP contribution in [0.2, 0.25) is 0 Å². The Bertz CT molecular complexity index is 874. The molecule has 1 aliphatic heterocycles. The molecule has 1 saturated carbocycles. The fourth-order valence-electron chi connectivity index (χ4n) is 3.65. The quantitative estimate of drug-likeness (QED) is 0.396. The number of carbonyl (C=O) groups excluding carboxylic acids is 2. The smallest absolute Gasteiger partial charge is 0.412 e.